The molecule has 0 N–H and O–H groups in total. The van der Waals surface area contributed by atoms with Crippen molar-refractivity contribution in [1.29, 1.82) is 0 Å². The average molecular weight is 302 g/mol. The number of carbonyl (C=O) groups excluding carboxylic acids is 2. The van der Waals surface area contributed by atoms with E-state index < -0.39 is 0 Å². The molecule has 1 aliphatic heterocycles. The van der Waals surface area contributed by atoms with Gasteiger partial charge in [-0.3, -0.25) is 9.59 Å². The zero-order valence-electron chi connectivity index (χ0n) is 14.1. The van der Waals surface area contributed by atoms with Crippen LogP contribution in [0.15, 0.2) is 12.1 Å². The van der Waals surface area contributed by atoms with Crippen LogP contribution in [0.3, 0.4) is 0 Å². The van der Waals surface area contributed by atoms with E-state index in [1.165, 1.54) is 16.7 Å². The summed E-state index contributed by atoms with van der Waals surface area (Å²) in [7, 11) is 0. The van der Waals surface area contributed by atoms with E-state index in [0.29, 0.717) is 19.5 Å². The second kappa shape index (κ2) is 6.95. The number of benzene rings is 1. The summed E-state index contributed by atoms with van der Waals surface area (Å²) >= 11 is 0. The monoisotopic (exact) mass is 302 g/mol. The van der Waals surface area contributed by atoms with Gasteiger partial charge in [-0.1, -0.05) is 12.1 Å². The highest BCUT2D eigenvalue weighted by atomic mass is 16.2. The Bertz CT molecular complexity index is 581. The molecule has 2 amide bonds. The van der Waals surface area contributed by atoms with Gasteiger partial charge in [-0.2, -0.15) is 0 Å². The van der Waals surface area contributed by atoms with Crippen LogP contribution in [0.4, 0.5) is 0 Å². The average Bonchev–Trinajstić information content (AvgIpc) is 2.70. The van der Waals surface area contributed by atoms with Gasteiger partial charge in [0.15, 0.2) is 0 Å². The lowest BCUT2D eigenvalue weighted by Crippen LogP contribution is -2.37. The van der Waals surface area contributed by atoms with Crippen LogP contribution >= 0.6 is 0 Å². The van der Waals surface area contributed by atoms with Crippen LogP contribution in [-0.4, -0.2) is 47.8 Å². The molecule has 2 rings (SSSR count). The molecule has 0 spiro atoms. The fourth-order valence-corrected chi connectivity index (χ4v) is 2.97. The predicted octanol–water partition coefficient (Wildman–Crippen LogP) is 2.24. The van der Waals surface area contributed by atoms with Gasteiger partial charge in [-0.15, -0.1) is 0 Å². The highest BCUT2D eigenvalue weighted by Gasteiger charge is 2.20. The lowest BCUT2D eigenvalue weighted by atomic mass is 9.98. The number of rotatable bonds is 2. The minimum Gasteiger partial charge on any atom is -0.341 e. The van der Waals surface area contributed by atoms with Gasteiger partial charge in [0, 0.05) is 33.1 Å². The Balaban J connectivity index is 2.03. The summed E-state index contributed by atoms with van der Waals surface area (Å²) < 4.78 is 0. The van der Waals surface area contributed by atoms with Gasteiger partial charge in [-0.05, 0) is 49.4 Å². The summed E-state index contributed by atoms with van der Waals surface area (Å²) in [5.74, 6) is 0.260. The lowest BCUT2D eigenvalue weighted by molar-refractivity contribution is -0.132. The van der Waals surface area contributed by atoms with E-state index in [1.54, 1.807) is 6.92 Å². The fourth-order valence-electron chi connectivity index (χ4n) is 2.97. The highest BCUT2D eigenvalue weighted by Crippen LogP contribution is 2.17. The van der Waals surface area contributed by atoms with E-state index in [9.17, 15) is 9.59 Å². The summed E-state index contributed by atoms with van der Waals surface area (Å²) in [6, 6.07) is 4.28. The molecule has 4 heteroatoms. The van der Waals surface area contributed by atoms with Crippen molar-refractivity contribution in [3.8, 4) is 0 Å². The molecular formula is C18H26N2O2. The molecule has 0 aromatic heterocycles. The first-order valence-corrected chi connectivity index (χ1v) is 7.98. The molecule has 1 saturated heterocycles. The number of aryl methyl sites for hydroxylation is 3. The normalized spacial score (nSPS) is 15.6. The minimum atomic E-state index is 0.0966. The van der Waals surface area contributed by atoms with Gasteiger partial charge >= 0.3 is 0 Å². The first-order chi connectivity index (χ1) is 10.4. The summed E-state index contributed by atoms with van der Waals surface area (Å²) in [5, 5.41) is 0. The first kappa shape index (κ1) is 16.5. The second-order valence-corrected chi connectivity index (χ2v) is 6.28. The third-order valence-corrected chi connectivity index (χ3v) is 4.59. The summed E-state index contributed by atoms with van der Waals surface area (Å²) in [5.41, 5.74) is 4.78. The van der Waals surface area contributed by atoms with Gasteiger partial charge < -0.3 is 9.80 Å². The van der Waals surface area contributed by atoms with E-state index in [-0.39, 0.29) is 11.8 Å². The third kappa shape index (κ3) is 3.87. The van der Waals surface area contributed by atoms with Gasteiger partial charge in [0.05, 0.1) is 6.42 Å². The minimum absolute atomic E-state index is 0.0966. The molecule has 0 aliphatic carbocycles. The molecule has 1 fully saturated rings. The van der Waals surface area contributed by atoms with Crippen LogP contribution in [-0.2, 0) is 16.0 Å². The summed E-state index contributed by atoms with van der Waals surface area (Å²) in [6.07, 6.45) is 1.31. The van der Waals surface area contributed by atoms with Crippen molar-refractivity contribution in [2.24, 2.45) is 0 Å². The van der Waals surface area contributed by atoms with E-state index in [1.807, 2.05) is 9.80 Å². The largest absolute Gasteiger partial charge is 0.341 e. The maximum Gasteiger partial charge on any atom is 0.227 e. The molecule has 0 bridgehead atoms. The number of carbonyl (C=O) groups is 2. The zero-order valence-corrected chi connectivity index (χ0v) is 14.1. The molecular weight excluding hydrogens is 276 g/mol. The quantitative estimate of drug-likeness (QED) is 0.840. The second-order valence-electron chi connectivity index (χ2n) is 6.28. The Morgan fingerprint density at radius 1 is 0.909 bits per heavy atom. The maximum absolute atomic E-state index is 12.6. The van der Waals surface area contributed by atoms with E-state index in [2.05, 4.69) is 32.9 Å². The first-order valence-electron chi connectivity index (χ1n) is 7.98. The van der Waals surface area contributed by atoms with Crippen LogP contribution in [0.2, 0.25) is 0 Å². The van der Waals surface area contributed by atoms with Crippen molar-refractivity contribution in [3.05, 3.63) is 34.4 Å². The van der Waals surface area contributed by atoms with Crippen molar-refractivity contribution in [3.63, 3.8) is 0 Å². The fraction of sp³-hybridized carbons (Fsp3) is 0.556. The van der Waals surface area contributed by atoms with Crippen LogP contribution in [0.5, 0.6) is 0 Å². The van der Waals surface area contributed by atoms with Crippen LogP contribution < -0.4 is 0 Å². The van der Waals surface area contributed by atoms with E-state index in [0.717, 1.165) is 25.1 Å². The van der Waals surface area contributed by atoms with Crippen molar-refractivity contribution in [2.45, 2.75) is 40.5 Å². The topological polar surface area (TPSA) is 40.6 Å². The Morgan fingerprint density at radius 3 is 2.18 bits per heavy atom. The summed E-state index contributed by atoms with van der Waals surface area (Å²) in [6.45, 7) is 10.6. The van der Waals surface area contributed by atoms with Gasteiger partial charge in [0.2, 0.25) is 11.8 Å². The van der Waals surface area contributed by atoms with Crippen LogP contribution in [0, 0.1) is 20.8 Å². The highest BCUT2D eigenvalue weighted by molar-refractivity contribution is 5.79. The molecule has 1 heterocycles. The van der Waals surface area contributed by atoms with Crippen molar-refractivity contribution in [1.82, 2.24) is 9.80 Å². The molecule has 0 radical (unpaired) electrons. The Morgan fingerprint density at radius 2 is 1.50 bits per heavy atom. The molecule has 0 unspecified atom stereocenters. The van der Waals surface area contributed by atoms with E-state index >= 15 is 0 Å². The van der Waals surface area contributed by atoms with E-state index in [4.69, 9.17) is 0 Å². The molecule has 1 aromatic rings. The Kier molecular flexibility index (Phi) is 5.22. The number of hydrogen-bond donors (Lipinski definition) is 0. The van der Waals surface area contributed by atoms with Crippen molar-refractivity contribution < 1.29 is 9.59 Å². The standard InChI is InChI=1S/C18H26N2O2/c1-13-10-15(3)17(11-14(13)2)12-18(22)20-7-5-6-19(8-9-20)16(4)21/h10-11H,5-9,12H2,1-4H3. The van der Waals surface area contributed by atoms with Gasteiger partial charge in [0.25, 0.3) is 0 Å². The molecule has 120 valence electrons. The third-order valence-electron chi connectivity index (χ3n) is 4.59. The number of amides is 2. The van der Waals surface area contributed by atoms with Crippen LogP contribution in [0.25, 0.3) is 0 Å². The summed E-state index contributed by atoms with van der Waals surface area (Å²) in [4.78, 5) is 27.8. The maximum atomic E-state index is 12.6. The zero-order chi connectivity index (χ0) is 16.3. The molecule has 4 nitrogen and oxygen atoms in total. The van der Waals surface area contributed by atoms with Gasteiger partial charge in [0.1, 0.15) is 0 Å². The van der Waals surface area contributed by atoms with Crippen molar-refractivity contribution in [2.75, 3.05) is 26.2 Å². The molecule has 22 heavy (non-hydrogen) atoms. The molecule has 1 aromatic carbocycles. The molecule has 0 atom stereocenters. The Labute approximate surface area is 133 Å². The molecule has 1 aliphatic rings. The SMILES string of the molecule is CC(=O)N1CCCN(C(=O)Cc2cc(C)c(C)cc2C)CC1. The molecule has 0 saturated carbocycles. The smallest absolute Gasteiger partial charge is 0.227 e. The number of hydrogen-bond acceptors (Lipinski definition) is 2. The number of nitrogens with zero attached hydrogens (tertiary/aromatic N) is 2. The van der Waals surface area contributed by atoms with Crippen LogP contribution in [0.1, 0.15) is 35.6 Å². The lowest BCUT2D eigenvalue weighted by Gasteiger charge is -2.22. The Hall–Kier alpha value is -1.84. The predicted molar refractivity (Wildman–Crippen MR) is 87.8 cm³/mol. The van der Waals surface area contributed by atoms with Crippen molar-refractivity contribution >= 4 is 11.8 Å². The van der Waals surface area contributed by atoms with Gasteiger partial charge in [-0.25, -0.2) is 0 Å².